The van der Waals surface area contributed by atoms with Gasteiger partial charge in [0.1, 0.15) is 5.76 Å². The first kappa shape index (κ1) is 14.9. The van der Waals surface area contributed by atoms with E-state index in [0.717, 1.165) is 37.6 Å². The Bertz CT molecular complexity index is 391. The standard InChI is InChI=1S/C15H26N2OS/c1-4-17(8-13-6-5-7-18-13)15(10-16)9-14(2,3)11-19-12-15/h5-7H,4,8-12,16H2,1-3H3. The Kier molecular flexibility index (Phi) is 4.64. The molecular weight excluding hydrogens is 256 g/mol. The fourth-order valence-corrected chi connectivity index (χ4v) is 4.72. The lowest BCUT2D eigenvalue weighted by Crippen LogP contribution is -2.59. The molecule has 0 amide bonds. The molecule has 1 atom stereocenters. The van der Waals surface area contributed by atoms with Crippen molar-refractivity contribution >= 4 is 11.8 Å². The van der Waals surface area contributed by atoms with E-state index in [4.69, 9.17) is 10.2 Å². The van der Waals surface area contributed by atoms with Crippen LogP contribution in [0.5, 0.6) is 0 Å². The lowest BCUT2D eigenvalue weighted by Gasteiger charge is -2.50. The van der Waals surface area contributed by atoms with E-state index in [-0.39, 0.29) is 5.54 Å². The summed E-state index contributed by atoms with van der Waals surface area (Å²) >= 11 is 2.04. The highest BCUT2D eigenvalue weighted by molar-refractivity contribution is 7.99. The highest BCUT2D eigenvalue weighted by atomic mass is 32.2. The first-order chi connectivity index (χ1) is 9.01. The van der Waals surface area contributed by atoms with Gasteiger partial charge in [0, 0.05) is 17.8 Å². The first-order valence-corrected chi connectivity index (χ1v) is 8.22. The van der Waals surface area contributed by atoms with Crippen LogP contribution in [0, 0.1) is 5.41 Å². The molecule has 0 aromatic carbocycles. The summed E-state index contributed by atoms with van der Waals surface area (Å²) in [7, 11) is 0. The maximum atomic E-state index is 6.18. The molecule has 0 spiro atoms. The smallest absolute Gasteiger partial charge is 0.117 e. The molecule has 2 rings (SSSR count). The van der Waals surface area contributed by atoms with Crippen LogP contribution in [0.15, 0.2) is 22.8 Å². The molecule has 1 aliphatic heterocycles. The van der Waals surface area contributed by atoms with Gasteiger partial charge in [0.2, 0.25) is 0 Å². The van der Waals surface area contributed by atoms with E-state index in [1.807, 2.05) is 23.9 Å². The molecule has 108 valence electrons. The van der Waals surface area contributed by atoms with Gasteiger partial charge in [-0.3, -0.25) is 4.90 Å². The summed E-state index contributed by atoms with van der Waals surface area (Å²) in [5, 5.41) is 0. The normalized spacial score (nSPS) is 26.8. The monoisotopic (exact) mass is 282 g/mol. The second-order valence-corrected chi connectivity index (χ2v) is 7.34. The van der Waals surface area contributed by atoms with Gasteiger partial charge in [0.15, 0.2) is 0 Å². The molecule has 1 saturated heterocycles. The Balaban J connectivity index is 2.17. The largest absolute Gasteiger partial charge is 0.468 e. The third kappa shape index (κ3) is 3.36. The second-order valence-electron chi connectivity index (χ2n) is 6.36. The molecule has 0 aliphatic carbocycles. The van der Waals surface area contributed by atoms with Gasteiger partial charge in [-0.25, -0.2) is 0 Å². The van der Waals surface area contributed by atoms with Gasteiger partial charge in [-0.1, -0.05) is 20.8 Å². The van der Waals surface area contributed by atoms with Crippen LogP contribution in [0.1, 0.15) is 33.0 Å². The van der Waals surface area contributed by atoms with Crippen molar-refractivity contribution in [3.8, 4) is 0 Å². The minimum absolute atomic E-state index is 0.105. The van der Waals surface area contributed by atoms with Crippen molar-refractivity contribution in [2.45, 2.75) is 39.3 Å². The van der Waals surface area contributed by atoms with E-state index in [9.17, 15) is 0 Å². The van der Waals surface area contributed by atoms with Crippen LogP contribution in [-0.4, -0.2) is 35.0 Å². The average Bonchev–Trinajstić information content (AvgIpc) is 2.87. The van der Waals surface area contributed by atoms with Gasteiger partial charge in [0.25, 0.3) is 0 Å². The van der Waals surface area contributed by atoms with Crippen LogP contribution in [0.4, 0.5) is 0 Å². The Hall–Kier alpha value is -0.450. The van der Waals surface area contributed by atoms with Crippen molar-refractivity contribution in [3.63, 3.8) is 0 Å². The Morgan fingerprint density at radius 3 is 2.74 bits per heavy atom. The molecule has 0 bridgehead atoms. The second kappa shape index (κ2) is 5.90. The van der Waals surface area contributed by atoms with Crippen molar-refractivity contribution in [2.24, 2.45) is 11.1 Å². The molecular formula is C15H26N2OS. The molecule has 2 N–H and O–H groups in total. The molecule has 0 saturated carbocycles. The van der Waals surface area contributed by atoms with Crippen LogP contribution in [-0.2, 0) is 6.54 Å². The van der Waals surface area contributed by atoms with E-state index in [0.29, 0.717) is 5.41 Å². The van der Waals surface area contributed by atoms with Crippen molar-refractivity contribution in [3.05, 3.63) is 24.2 Å². The van der Waals surface area contributed by atoms with Crippen molar-refractivity contribution in [1.29, 1.82) is 0 Å². The summed E-state index contributed by atoms with van der Waals surface area (Å²) in [4.78, 5) is 2.50. The molecule has 4 heteroatoms. The molecule has 1 aliphatic rings. The maximum absolute atomic E-state index is 6.18. The fourth-order valence-electron chi connectivity index (χ4n) is 3.18. The van der Waals surface area contributed by atoms with Crippen LogP contribution >= 0.6 is 11.8 Å². The maximum Gasteiger partial charge on any atom is 0.117 e. The van der Waals surface area contributed by atoms with Gasteiger partial charge in [0.05, 0.1) is 12.8 Å². The number of likely N-dealkylation sites (N-methyl/N-ethyl adjacent to an activating group) is 1. The highest BCUT2D eigenvalue weighted by Gasteiger charge is 2.43. The predicted molar refractivity (Wildman–Crippen MR) is 82.3 cm³/mol. The minimum Gasteiger partial charge on any atom is -0.468 e. The van der Waals surface area contributed by atoms with Gasteiger partial charge in [-0.2, -0.15) is 11.8 Å². The molecule has 3 nitrogen and oxygen atoms in total. The first-order valence-electron chi connectivity index (χ1n) is 7.07. The molecule has 2 heterocycles. The van der Waals surface area contributed by atoms with Crippen molar-refractivity contribution in [1.82, 2.24) is 4.90 Å². The number of rotatable bonds is 5. The summed E-state index contributed by atoms with van der Waals surface area (Å²) in [5.74, 6) is 3.39. The summed E-state index contributed by atoms with van der Waals surface area (Å²) in [6.07, 6.45) is 2.91. The van der Waals surface area contributed by atoms with Crippen LogP contribution < -0.4 is 5.73 Å². The molecule has 1 fully saturated rings. The molecule has 19 heavy (non-hydrogen) atoms. The Labute approximate surface area is 120 Å². The van der Waals surface area contributed by atoms with Crippen LogP contribution in [0.2, 0.25) is 0 Å². The lowest BCUT2D eigenvalue weighted by atomic mass is 9.78. The zero-order chi connectivity index (χ0) is 13.9. The molecule has 1 unspecified atom stereocenters. The summed E-state index contributed by atoms with van der Waals surface area (Å²) in [6, 6.07) is 4.01. The van der Waals surface area contributed by atoms with Crippen LogP contribution in [0.25, 0.3) is 0 Å². The SMILES string of the molecule is CCN(Cc1ccco1)C1(CN)CSCC(C)(C)C1. The van der Waals surface area contributed by atoms with Gasteiger partial charge >= 0.3 is 0 Å². The fraction of sp³-hybridized carbons (Fsp3) is 0.733. The van der Waals surface area contributed by atoms with E-state index >= 15 is 0 Å². The average molecular weight is 282 g/mol. The summed E-state index contributed by atoms with van der Waals surface area (Å²) < 4.78 is 5.51. The van der Waals surface area contributed by atoms with Crippen molar-refractivity contribution in [2.75, 3.05) is 24.6 Å². The van der Waals surface area contributed by atoms with Gasteiger partial charge in [-0.05, 0) is 36.3 Å². The highest BCUT2D eigenvalue weighted by Crippen LogP contribution is 2.42. The number of nitrogens with zero attached hydrogens (tertiary/aromatic N) is 1. The van der Waals surface area contributed by atoms with E-state index < -0.39 is 0 Å². The van der Waals surface area contributed by atoms with E-state index in [1.165, 1.54) is 5.75 Å². The van der Waals surface area contributed by atoms with E-state index in [1.54, 1.807) is 6.26 Å². The Morgan fingerprint density at radius 2 is 2.21 bits per heavy atom. The molecule has 0 radical (unpaired) electrons. The Morgan fingerprint density at radius 1 is 1.42 bits per heavy atom. The van der Waals surface area contributed by atoms with Gasteiger partial charge < -0.3 is 10.2 Å². The van der Waals surface area contributed by atoms with Gasteiger partial charge in [-0.15, -0.1) is 0 Å². The van der Waals surface area contributed by atoms with Crippen molar-refractivity contribution < 1.29 is 4.42 Å². The number of hydrogen-bond donors (Lipinski definition) is 1. The number of hydrogen-bond acceptors (Lipinski definition) is 4. The lowest BCUT2D eigenvalue weighted by molar-refractivity contribution is 0.0604. The molecule has 1 aromatic heterocycles. The van der Waals surface area contributed by atoms with Crippen LogP contribution in [0.3, 0.4) is 0 Å². The zero-order valence-electron chi connectivity index (χ0n) is 12.3. The topological polar surface area (TPSA) is 42.4 Å². The molecule has 1 aromatic rings. The quantitative estimate of drug-likeness (QED) is 0.901. The number of nitrogens with two attached hydrogens (primary N) is 1. The summed E-state index contributed by atoms with van der Waals surface area (Å²) in [6.45, 7) is 9.51. The third-order valence-electron chi connectivity index (χ3n) is 4.03. The summed E-state index contributed by atoms with van der Waals surface area (Å²) in [5.41, 5.74) is 6.64. The predicted octanol–water partition coefficient (Wildman–Crippen LogP) is 2.96. The third-order valence-corrected chi connectivity index (χ3v) is 5.76. The van der Waals surface area contributed by atoms with E-state index in [2.05, 4.69) is 25.7 Å². The zero-order valence-corrected chi connectivity index (χ0v) is 13.1. The number of furan rings is 1. The minimum atomic E-state index is 0.105. The number of thioether (sulfide) groups is 1.